The quantitative estimate of drug-likeness (QED) is 0.0187. The van der Waals surface area contributed by atoms with Gasteiger partial charge in [-0.25, -0.2) is 15.0 Å². The number of aromatic nitrogens is 8. The fourth-order valence-electron chi connectivity index (χ4n) is 8.25. The number of amides is 8. The van der Waals surface area contributed by atoms with E-state index in [1.54, 1.807) is 64.3 Å². The minimum Gasteiger partial charge on any atom is -0.491 e. The third-order valence-corrected chi connectivity index (χ3v) is 12.8. The first-order chi connectivity index (χ1) is 43.9. The van der Waals surface area contributed by atoms with Crippen LogP contribution in [-0.2, 0) is 82.8 Å². The number of carbonyl (C=O) groups is 8. The Kier molecular flexibility index (Phi) is 29.6. The molecule has 0 aliphatic heterocycles. The molecular formula is C58H81N17O16. The molecule has 0 radical (unpaired) electrons. The molecule has 0 atom stereocenters. The smallest absolute Gasteiger partial charge is 0.291 e. The summed E-state index contributed by atoms with van der Waals surface area (Å²) in [6.07, 6.45) is 8.84. The number of nitrogens with one attached hydrogen (secondary N) is 8. The molecule has 8 amide bonds. The van der Waals surface area contributed by atoms with E-state index in [9.17, 15) is 38.4 Å². The van der Waals surface area contributed by atoms with Gasteiger partial charge < -0.3 is 109 Å². The van der Waals surface area contributed by atoms with Crippen LogP contribution in [0.5, 0.6) is 5.75 Å². The van der Waals surface area contributed by atoms with Crippen LogP contribution in [0, 0.1) is 0 Å². The summed E-state index contributed by atoms with van der Waals surface area (Å²) >= 11 is 0. The number of ether oxygens (including phenoxy) is 8. The highest BCUT2D eigenvalue weighted by Crippen LogP contribution is 2.18. The maximum Gasteiger partial charge on any atom is 0.291 e. The Morgan fingerprint density at radius 2 is 0.802 bits per heavy atom. The molecule has 10 N–H and O–H groups in total. The largest absolute Gasteiger partial charge is 0.491 e. The molecule has 494 valence electrons. The molecule has 0 aliphatic carbocycles. The number of nitrogens with two attached hydrogens (primary N) is 1. The number of aryl methyl sites for hydroxylation is 5. The monoisotopic (exact) mass is 1270 g/mol. The van der Waals surface area contributed by atoms with E-state index in [1.807, 2.05) is 12.1 Å². The van der Waals surface area contributed by atoms with Gasteiger partial charge in [0, 0.05) is 124 Å². The highest BCUT2D eigenvalue weighted by Gasteiger charge is 2.21. The lowest BCUT2D eigenvalue weighted by atomic mass is 10.3. The summed E-state index contributed by atoms with van der Waals surface area (Å²) in [6.45, 7) is 6.42. The van der Waals surface area contributed by atoms with Gasteiger partial charge in [-0.1, -0.05) is 0 Å². The molecule has 0 bridgehead atoms. The zero-order valence-electron chi connectivity index (χ0n) is 51.7. The molecule has 0 fully saturated rings. The summed E-state index contributed by atoms with van der Waals surface area (Å²) in [4.78, 5) is 115. The SMILES string of the molecule is Cn1cc(NC(=O)c2nc(NC(=O)CCNC(=O)c3cc(NC(=O)c4nccn4C)cn3C)cn2C)cc1C(=O)NCCC(=O)Nc1cn(C)c(C(=O)NCCC(=O)NCCOCCOCCOCCOCCOCCOCCOCCOc2ccc(N)cc2)n1. The Hall–Kier alpha value is -9.51. The van der Waals surface area contributed by atoms with Gasteiger partial charge in [-0.15, -0.1) is 0 Å². The molecule has 0 spiro atoms. The molecule has 6 rings (SSSR count). The highest BCUT2D eigenvalue weighted by molar-refractivity contribution is 6.04. The fraction of sp³-hybridized carbons (Fsp3) is 0.466. The van der Waals surface area contributed by atoms with Crippen LogP contribution in [0.25, 0.3) is 0 Å². The molecule has 33 nitrogen and oxygen atoms in total. The van der Waals surface area contributed by atoms with Crippen LogP contribution in [0.15, 0.2) is 73.6 Å². The Bertz CT molecular complexity index is 3320. The zero-order chi connectivity index (χ0) is 65.3. The lowest BCUT2D eigenvalue weighted by Gasteiger charge is -2.09. The normalized spacial score (nSPS) is 11.0. The minimum absolute atomic E-state index is 0.00492. The van der Waals surface area contributed by atoms with Gasteiger partial charge in [0.05, 0.1) is 104 Å². The predicted octanol–water partition coefficient (Wildman–Crippen LogP) is 0.599. The molecule has 91 heavy (non-hydrogen) atoms. The van der Waals surface area contributed by atoms with Crippen molar-refractivity contribution in [1.29, 1.82) is 0 Å². The number of carbonyl (C=O) groups excluding carboxylic acids is 8. The van der Waals surface area contributed by atoms with Crippen LogP contribution < -0.4 is 53.0 Å². The first-order valence-electron chi connectivity index (χ1n) is 29.2. The van der Waals surface area contributed by atoms with E-state index in [2.05, 4.69) is 57.5 Å². The molecule has 6 aromatic rings. The third kappa shape index (κ3) is 25.1. The molecule has 0 saturated heterocycles. The maximum absolute atomic E-state index is 13.3. The molecule has 0 aliphatic rings. The summed E-state index contributed by atoms with van der Waals surface area (Å²) in [6, 6.07) is 10.1. The number of imidazole rings is 3. The standard InChI is InChI=1S/C58H81N17O16/c1-71-18-16-61-51(71)57(82)65-41-34-44(72(2)36-41)54(79)62-15-12-50(78)68-47-39-75(5)53(70-47)58(83)66-42-35-45(73(3)37-42)55(80)63-14-11-49(77)67-46-38-74(4)52(69-46)56(81)64-13-10-48(76)60-17-19-84-20-21-85-22-23-86-24-25-87-26-27-88-28-29-89-30-31-90-32-33-91-43-8-6-40(59)7-9-43/h6-9,16,18,34-39H,10-15,17,19-33,59H2,1-5H3,(H,60,76)(H,62,79)(H,63,80)(H,64,81)(H,65,82)(H,66,83)(H,67,77)(H,68,78). The first-order valence-corrected chi connectivity index (χ1v) is 29.2. The Labute approximate surface area is 524 Å². The van der Waals surface area contributed by atoms with Gasteiger partial charge in [-0.2, -0.15) is 0 Å². The van der Waals surface area contributed by atoms with E-state index in [-0.39, 0.29) is 104 Å². The maximum atomic E-state index is 13.3. The molecular weight excluding hydrogens is 1190 g/mol. The van der Waals surface area contributed by atoms with Crippen LogP contribution in [0.2, 0.25) is 0 Å². The van der Waals surface area contributed by atoms with E-state index in [4.69, 9.17) is 43.6 Å². The van der Waals surface area contributed by atoms with Gasteiger partial charge in [0.15, 0.2) is 17.5 Å². The Morgan fingerprint density at radius 3 is 1.24 bits per heavy atom. The van der Waals surface area contributed by atoms with Crippen molar-refractivity contribution in [2.75, 3.05) is 152 Å². The summed E-state index contributed by atoms with van der Waals surface area (Å²) in [7, 11) is 8.05. The first kappa shape index (κ1) is 70.6. The average Bonchev–Trinajstić information content (AvgIpc) is 4.19. The van der Waals surface area contributed by atoms with E-state index < -0.39 is 41.4 Å². The van der Waals surface area contributed by atoms with Crippen molar-refractivity contribution in [2.45, 2.75) is 19.3 Å². The molecule has 5 heterocycles. The minimum atomic E-state index is -0.636. The van der Waals surface area contributed by atoms with Crippen LogP contribution >= 0.6 is 0 Å². The third-order valence-electron chi connectivity index (χ3n) is 12.8. The average molecular weight is 1270 g/mol. The number of hydrogen-bond acceptors (Lipinski definition) is 20. The second-order valence-electron chi connectivity index (χ2n) is 20.0. The van der Waals surface area contributed by atoms with Gasteiger partial charge in [-0.05, 0) is 36.4 Å². The summed E-state index contributed by atoms with van der Waals surface area (Å²) in [5, 5.41) is 21.3. The van der Waals surface area contributed by atoms with Crippen molar-refractivity contribution in [3.63, 3.8) is 0 Å². The van der Waals surface area contributed by atoms with Crippen molar-refractivity contribution < 1.29 is 76.3 Å². The highest BCUT2D eigenvalue weighted by atomic mass is 16.6. The van der Waals surface area contributed by atoms with Crippen molar-refractivity contribution in [3.8, 4) is 5.75 Å². The van der Waals surface area contributed by atoms with Gasteiger partial charge in [0.25, 0.3) is 29.5 Å². The number of nitrogen functional groups attached to an aromatic ring is 1. The van der Waals surface area contributed by atoms with Crippen molar-refractivity contribution in [2.24, 2.45) is 35.2 Å². The predicted molar refractivity (Wildman–Crippen MR) is 330 cm³/mol. The number of nitrogens with zero attached hydrogens (tertiary/aromatic N) is 8. The second-order valence-corrected chi connectivity index (χ2v) is 20.0. The van der Waals surface area contributed by atoms with Crippen LogP contribution in [0.3, 0.4) is 0 Å². The lowest BCUT2D eigenvalue weighted by molar-refractivity contribution is -0.121. The van der Waals surface area contributed by atoms with Gasteiger partial charge in [0.1, 0.15) is 23.7 Å². The van der Waals surface area contributed by atoms with Crippen molar-refractivity contribution in [3.05, 3.63) is 102 Å². The van der Waals surface area contributed by atoms with Gasteiger partial charge in [-0.3, -0.25) is 38.4 Å². The van der Waals surface area contributed by atoms with Crippen molar-refractivity contribution in [1.82, 2.24) is 59.1 Å². The van der Waals surface area contributed by atoms with Gasteiger partial charge >= 0.3 is 0 Å². The van der Waals surface area contributed by atoms with E-state index in [0.29, 0.717) is 104 Å². The lowest BCUT2D eigenvalue weighted by Crippen LogP contribution is -2.33. The summed E-state index contributed by atoms with van der Waals surface area (Å²) in [5.74, 6) is -2.84. The zero-order valence-corrected chi connectivity index (χ0v) is 51.7. The Balaban J connectivity index is 0.728. The number of anilines is 5. The van der Waals surface area contributed by atoms with Gasteiger partial charge in [0.2, 0.25) is 29.4 Å². The number of hydrogen-bond donors (Lipinski definition) is 9. The van der Waals surface area contributed by atoms with Crippen LogP contribution in [0.4, 0.5) is 28.7 Å². The second kappa shape index (κ2) is 38.1. The summed E-state index contributed by atoms with van der Waals surface area (Å²) in [5.41, 5.74) is 7.41. The number of rotatable bonds is 43. The van der Waals surface area contributed by atoms with E-state index in [1.165, 1.54) is 55.2 Å². The fourth-order valence-corrected chi connectivity index (χ4v) is 8.25. The van der Waals surface area contributed by atoms with Crippen LogP contribution in [0.1, 0.15) is 72.1 Å². The molecule has 33 heteroatoms. The molecule has 0 unspecified atom stereocenters. The van der Waals surface area contributed by atoms with E-state index in [0.717, 1.165) is 5.75 Å². The van der Waals surface area contributed by atoms with Crippen LogP contribution in [-0.4, -0.2) is 210 Å². The van der Waals surface area contributed by atoms with Crippen molar-refractivity contribution >= 4 is 76.0 Å². The number of benzene rings is 1. The molecule has 5 aromatic heterocycles. The Morgan fingerprint density at radius 1 is 0.407 bits per heavy atom. The van der Waals surface area contributed by atoms with E-state index >= 15 is 0 Å². The summed E-state index contributed by atoms with van der Waals surface area (Å²) < 4.78 is 51.4. The molecule has 1 aromatic carbocycles. The molecule has 0 saturated carbocycles. The topological polar surface area (TPSA) is 396 Å².